The van der Waals surface area contributed by atoms with Crippen LogP contribution in [0.15, 0.2) is 0 Å². The number of piperidine rings is 2. The molecule has 0 spiro atoms. The Hall–Kier alpha value is -0.610. The van der Waals surface area contributed by atoms with Gasteiger partial charge < -0.3 is 10.6 Å². The Morgan fingerprint density at radius 3 is 2.30 bits per heavy atom. The van der Waals surface area contributed by atoms with E-state index in [1.165, 1.54) is 32.1 Å². The monoisotopic (exact) mass is 281 g/mol. The SMILES string of the molecule is CCNC1CC2CCCC(C1)N2CC(=O)NC(C)(C)C. The predicted molar refractivity (Wildman–Crippen MR) is 82.7 cm³/mol. The molecule has 0 aromatic carbocycles. The summed E-state index contributed by atoms with van der Waals surface area (Å²) < 4.78 is 0. The molecule has 0 aromatic rings. The normalized spacial score (nSPS) is 31.1. The number of hydrogen-bond acceptors (Lipinski definition) is 3. The molecule has 20 heavy (non-hydrogen) atoms. The molecular formula is C16H31N3O. The zero-order valence-corrected chi connectivity index (χ0v) is 13.5. The lowest BCUT2D eigenvalue weighted by Crippen LogP contribution is -2.59. The number of carbonyl (C=O) groups excluding carboxylic acids is 1. The van der Waals surface area contributed by atoms with Gasteiger partial charge in [-0.25, -0.2) is 0 Å². The van der Waals surface area contributed by atoms with Gasteiger partial charge in [0.1, 0.15) is 0 Å². The molecule has 2 bridgehead atoms. The minimum atomic E-state index is -0.131. The minimum absolute atomic E-state index is 0.131. The molecular weight excluding hydrogens is 250 g/mol. The largest absolute Gasteiger partial charge is 0.350 e. The molecule has 2 saturated heterocycles. The van der Waals surface area contributed by atoms with Crippen LogP contribution in [0.5, 0.6) is 0 Å². The molecule has 4 nitrogen and oxygen atoms in total. The van der Waals surface area contributed by atoms with Crippen molar-refractivity contribution < 1.29 is 4.79 Å². The topological polar surface area (TPSA) is 44.4 Å². The van der Waals surface area contributed by atoms with E-state index in [4.69, 9.17) is 0 Å². The zero-order valence-electron chi connectivity index (χ0n) is 13.5. The second-order valence-corrected chi connectivity index (χ2v) is 7.44. The van der Waals surface area contributed by atoms with Gasteiger partial charge in [0.15, 0.2) is 0 Å². The molecule has 2 N–H and O–H groups in total. The number of nitrogens with zero attached hydrogens (tertiary/aromatic N) is 1. The molecule has 4 heteroatoms. The zero-order chi connectivity index (χ0) is 14.8. The average molecular weight is 281 g/mol. The molecule has 2 atom stereocenters. The van der Waals surface area contributed by atoms with Crippen molar-refractivity contribution in [3.63, 3.8) is 0 Å². The second kappa shape index (κ2) is 6.44. The smallest absolute Gasteiger partial charge is 0.234 e. The highest BCUT2D eigenvalue weighted by Crippen LogP contribution is 2.33. The van der Waals surface area contributed by atoms with Gasteiger partial charge in [-0.1, -0.05) is 13.3 Å². The molecule has 0 aromatic heterocycles. The van der Waals surface area contributed by atoms with E-state index in [-0.39, 0.29) is 11.4 Å². The van der Waals surface area contributed by atoms with Gasteiger partial charge in [-0.3, -0.25) is 9.69 Å². The maximum Gasteiger partial charge on any atom is 0.234 e. The van der Waals surface area contributed by atoms with Gasteiger partial charge >= 0.3 is 0 Å². The highest BCUT2D eigenvalue weighted by atomic mass is 16.2. The van der Waals surface area contributed by atoms with Crippen molar-refractivity contribution in [1.82, 2.24) is 15.5 Å². The first-order chi connectivity index (χ1) is 9.39. The standard InChI is InChI=1S/C16H31N3O/c1-5-17-12-9-13-7-6-8-14(10-12)19(13)11-15(20)18-16(2,3)4/h12-14,17H,5-11H2,1-4H3,(H,18,20). The Morgan fingerprint density at radius 2 is 1.80 bits per heavy atom. The van der Waals surface area contributed by atoms with Gasteiger partial charge in [0.25, 0.3) is 0 Å². The molecule has 2 rings (SSSR count). The van der Waals surface area contributed by atoms with Crippen LogP contribution in [-0.2, 0) is 4.79 Å². The fourth-order valence-corrected chi connectivity index (χ4v) is 3.82. The van der Waals surface area contributed by atoms with Gasteiger partial charge in [0, 0.05) is 23.7 Å². The highest BCUT2D eigenvalue weighted by Gasteiger charge is 2.38. The van der Waals surface area contributed by atoms with Gasteiger partial charge in [-0.15, -0.1) is 0 Å². The Kier molecular flexibility index (Phi) is 5.08. The van der Waals surface area contributed by atoms with Crippen molar-refractivity contribution in [3.8, 4) is 0 Å². The number of amides is 1. The molecule has 2 aliphatic heterocycles. The van der Waals surface area contributed by atoms with Crippen LogP contribution < -0.4 is 10.6 Å². The number of fused-ring (bicyclic) bond motifs is 2. The van der Waals surface area contributed by atoms with E-state index in [0.29, 0.717) is 24.7 Å². The van der Waals surface area contributed by atoms with Gasteiger partial charge in [-0.05, 0) is 53.0 Å². The molecule has 0 radical (unpaired) electrons. The molecule has 1 amide bonds. The summed E-state index contributed by atoms with van der Waals surface area (Å²) >= 11 is 0. The fourth-order valence-electron chi connectivity index (χ4n) is 3.82. The van der Waals surface area contributed by atoms with E-state index < -0.39 is 0 Å². The molecule has 2 unspecified atom stereocenters. The number of rotatable bonds is 4. The van der Waals surface area contributed by atoms with Crippen molar-refractivity contribution in [2.45, 2.75) is 83.5 Å². The number of nitrogens with one attached hydrogen (secondary N) is 2. The highest BCUT2D eigenvalue weighted by molar-refractivity contribution is 5.78. The van der Waals surface area contributed by atoms with E-state index in [1.54, 1.807) is 0 Å². The van der Waals surface area contributed by atoms with E-state index in [2.05, 4.69) is 22.5 Å². The quantitative estimate of drug-likeness (QED) is 0.827. The summed E-state index contributed by atoms with van der Waals surface area (Å²) in [5.74, 6) is 0.177. The van der Waals surface area contributed by atoms with Crippen LogP contribution in [0, 0.1) is 0 Å². The predicted octanol–water partition coefficient (Wildman–Crippen LogP) is 1.90. The van der Waals surface area contributed by atoms with Crippen molar-refractivity contribution >= 4 is 5.91 Å². The van der Waals surface area contributed by atoms with Gasteiger partial charge in [0.2, 0.25) is 5.91 Å². The van der Waals surface area contributed by atoms with E-state index in [0.717, 1.165) is 6.54 Å². The Labute approximate surface area is 123 Å². The van der Waals surface area contributed by atoms with Crippen molar-refractivity contribution in [1.29, 1.82) is 0 Å². The summed E-state index contributed by atoms with van der Waals surface area (Å²) in [7, 11) is 0. The number of carbonyl (C=O) groups is 1. The maximum absolute atomic E-state index is 12.2. The summed E-state index contributed by atoms with van der Waals surface area (Å²) in [6.45, 7) is 9.94. The summed E-state index contributed by atoms with van der Waals surface area (Å²) in [5.41, 5.74) is -0.131. The lowest BCUT2D eigenvalue weighted by Gasteiger charge is -2.49. The van der Waals surface area contributed by atoms with Crippen LogP contribution in [0.2, 0.25) is 0 Å². The molecule has 0 saturated carbocycles. The van der Waals surface area contributed by atoms with E-state index >= 15 is 0 Å². The van der Waals surface area contributed by atoms with Crippen molar-refractivity contribution in [2.24, 2.45) is 0 Å². The van der Waals surface area contributed by atoms with Crippen molar-refractivity contribution in [2.75, 3.05) is 13.1 Å². The lowest BCUT2D eigenvalue weighted by atomic mass is 9.81. The van der Waals surface area contributed by atoms with Crippen LogP contribution in [0.3, 0.4) is 0 Å². The lowest BCUT2D eigenvalue weighted by molar-refractivity contribution is -0.126. The van der Waals surface area contributed by atoms with Crippen LogP contribution in [-0.4, -0.2) is 47.6 Å². The Morgan fingerprint density at radius 1 is 1.20 bits per heavy atom. The van der Waals surface area contributed by atoms with Gasteiger partial charge in [-0.2, -0.15) is 0 Å². The second-order valence-electron chi connectivity index (χ2n) is 7.44. The maximum atomic E-state index is 12.2. The summed E-state index contributed by atoms with van der Waals surface area (Å²) in [4.78, 5) is 14.7. The van der Waals surface area contributed by atoms with Crippen LogP contribution in [0.4, 0.5) is 0 Å². The van der Waals surface area contributed by atoms with Crippen LogP contribution >= 0.6 is 0 Å². The molecule has 2 aliphatic rings. The first-order valence-electron chi connectivity index (χ1n) is 8.19. The summed E-state index contributed by atoms with van der Waals surface area (Å²) in [6.07, 6.45) is 6.23. The summed E-state index contributed by atoms with van der Waals surface area (Å²) in [5, 5.41) is 6.69. The first kappa shape index (κ1) is 15.8. The average Bonchev–Trinajstić information content (AvgIpc) is 2.27. The van der Waals surface area contributed by atoms with E-state index in [1.807, 2.05) is 20.8 Å². The van der Waals surface area contributed by atoms with E-state index in [9.17, 15) is 4.79 Å². The third-order valence-electron chi connectivity index (χ3n) is 4.46. The van der Waals surface area contributed by atoms with Gasteiger partial charge in [0.05, 0.1) is 6.54 Å². The fraction of sp³-hybridized carbons (Fsp3) is 0.938. The molecule has 2 fully saturated rings. The molecule has 2 heterocycles. The Bertz CT molecular complexity index is 323. The third kappa shape index (κ3) is 4.19. The molecule has 0 aliphatic carbocycles. The van der Waals surface area contributed by atoms with Crippen LogP contribution in [0.25, 0.3) is 0 Å². The minimum Gasteiger partial charge on any atom is -0.350 e. The summed E-state index contributed by atoms with van der Waals surface area (Å²) in [6, 6.07) is 1.84. The third-order valence-corrected chi connectivity index (χ3v) is 4.46. The Balaban J connectivity index is 1.93. The molecule has 116 valence electrons. The number of hydrogen-bond donors (Lipinski definition) is 2. The van der Waals surface area contributed by atoms with Crippen molar-refractivity contribution in [3.05, 3.63) is 0 Å². The van der Waals surface area contributed by atoms with Crippen LogP contribution in [0.1, 0.15) is 59.8 Å². The first-order valence-corrected chi connectivity index (χ1v) is 8.19.